The Bertz CT molecular complexity index is 428. The fourth-order valence-electron chi connectivity index (χ4n) is 1.71. The van der Waals surface area contributed by atoms with Crippen molar-refractivity contribution in [1.29, 1.82) is 0 Å². The Labute approximate surface area is 117 Å². The topological polar surface area (TPSA) is 37.4 Å². The molecule has 4 nitrogen and oxygen atoms in total. The molecule has 0 fully saturated rings. The normalized spacial score (nSPS) is 12.0. The van der Waals surface area contributed by atoms with Crippen LogP contribution in [0.4, 0.5) is 0 Å². The second-order valence-corrected chi connectivity index (χ2v) is 5.89. The first-order valence-corrected chi connectivity index (χ1v) is 6.70. The highest BCUT2D eigenvalue weighted by molar-refractivity contribution is 5.35. The van der Waals surface area contributed by atoms with Crippen molar-refractivity contribution in [2.24, 2.45) is 0 Å². The number of likely N-dealkylation sites (N-methyl/N-ethyl adjacent to an activating group) is 1. The van der Waals surface area contributed by atoms with E-state index in [-0.39, 0.29) is 5.54 Å². The molecule has 0 aromatic carbocycles. The summed E-state index contributed by atoms with van der Waals surface area (Å²) in [6, 6.07) is 2.09. The van der Waals surface area contributed by atoms with Crippen LogP contribution in [-0.2, 0) is 6.54 Å². The van der Waals surface area contributed by atoms with Crippen LogP contribution in [0.5, 0.6) is 5.88 Å². The van der Waals surface area contributed by atoms with Crippen LogP contribution in [0.15, 0.2) is 6.07 Å². The van der Waals surface area contributed by atoms with Crippen LogP contribution in [0.2, 0.25) is 0 Å². The fraction of sp³-hybridized carbons (Fsp3) is 0.667. The lowest BCUT2D eigenvalue weighted by Gasteiger charge is -2.32. The van der Waals surface area contributed by atoms with Crippen molar-refractivity contribution in [3.05, 3.63) is 22.9 Å². The van der Waals surface area contributed by atoms with Gasteiger partial charge in [0.1, 0.15) is 6.61 Å². The summed E-state index contributed by atoms with van der Waals surface area (Å²) >= 11 is 0. The monoisotopic (exact) mass is 265 g/mol. The van der Waals surface area contributed by atoms with Crippen LogP contribution in [0.1, 0.15) is 30.7 Å². The van der Waals surface area contributed by atoms with Crippen molar-refractivity contribution in [3.63, 3.8) is 0 Å². The number of nitrogens with one attached hydrogen (secondary N) is 1. The third-order valence-corrected chi connectivity index (χ3v) is 3.56. The number of nitrogens with zero attached hydrogens (tertiary/aromatic N) is 2. The molecule has 4 heteroatoms. The summed E-state index contributed by atoms with van der Waals surface area (Å²) in [5.74, 6) is 0.752. The Hall–Kier alpha value is -1.13. The van der Waals surface area contributed by atoms with E-state index in [1.165, 1.54) is 5.56 Å². The highest BCUT2D eigenvalue weighted by Crippen LogP contribution is 2.22. The summed E-state index contributed by atoms with van der Waals surface area (Å²) in [6.07, 6.45) is 0. The molecule has 0 amide bonds. The molecule has 0 atom stereocenters. The van der Waals surface area contributed by atoms with E-state index in [1.54, 1.807) is 0 Å². The van der Waals surface area contributed by atoms with Gasteiger partial charge in [0.2, 0.25) is 5.88 Å². The molecule has 0 radical (unpaired) electrons. The highest BCUT2D eigenvalue weighted by Gasteiger charge is 2.22. The quantitative estimate of drug-likeness (QED) is 0.855. The van der Waals surface area contributed by atoms with E-state index >= 15 is 0 Å². The summed E-state index contributed by atoms with van der Waals surface area (Å²) < 4.78 is 5.98. The number of pyridine rings is 1. The standard InChI is InChI=1S/C15H27N3O/c1-11-8-12(2)17-14(13(11)9-16-5)19-10-15(3,4)18(6)7/h8,16H,9-10H2,1-7H3. The van der Waals surface area contributed by atoms with E-state index in [0.717, 1.165) is 23.7 Å². The molecular formula is C15H27N3O. The van der Waals surface area contributed by atoms with Gasteiger partial charge in [-0.15, -0.1) is 0 Å². The Kier molecular flexibility index (Phi) is 5.32. The molecule has 0 saturated carbocycles. The smallest absolute Gasteiger partial charge is 0.218 e. The zero-order chi connectivity index (χ0) is 14.6. The van der Waals surface area contributed by atoms with E-state index < -0.39 is 0 Å². The SMILES string of the molecule is CNCc1c(C)cc(C)nc1OCC(C)(C)N(C)C. The molecule has 0 bridgehead atoms. The average Bonchev–Trinajstić information content (AvgIpc) is 2.30. The molecule has 0 aliphatic carbocycles. The van der Waals surface area contributed by atoms with Crippen LogP contribution in [0.3, 0.4) is 0 Å². The minimum atomic E-state index is -0.0176. The van der Waals surface area contributed by atoms with Gasteiger partial charge in [0.05, 0.1) is 0 Å². The molecule has 1 aromatic rings. The second-order valence-electron chi connectivity index (χ2n) is 5.89. The van der Waals surface area contributed by atoms with Crippen molar-refractivity contribution in [1.82, 2.24) is 15.2 Å². The number of rotatable bonds is 6. The predicted octanol–water partition coefficient (Wildman–Crippen LogP) is 2.14. The molecule has 0 aliphatic rings. The molecule has 1 N–H and O–H groups in total. The Morgan fingerprint density at radius 3 is 2.47 bits per heavy atom. The molecule has 1 heterocycles. The zero-order valence-electron chi connectivity index (χ0n) is 13.3. The van der Waals surface area contributed by atoms with Gasteiger partial charge in [0.15, 0.2) is 0 Å². The first-order chi connectivity index (χ1) is 8.77. The molecule has 0 saturated heterocycles. The van der Waals surface area contributed by atoms with Crippen LogP contribution in [-0.4, -0.2) is 43.2 Å². The van der Waals surface area contributed by atoms with Crippen LogP contribution in [0, 0.1) is 13.8 Å². The first kappa shape index (κ1) is 15.9. The fourth-order valence-corrected chi connectivity index (χ4v) is 1.71. The molecule has 0 aliphatic heterocycles. The van der Waals surface area contributed by atoms with Crippen LogP contribution < -0.4 is 10.1 Å². The number of aryl methyl sites for hydroxylation is 2. The van der Waals surface area contributed by atoms with Crippen LogP contribution >= 0.6 is 0 Å². The number of ether oxygens (including phenoxy) is 1. The van der Waals surface area contributed by atoms with Crippen molar-refractivity contribution >= 4 is 0 Å². The summed E-state index contributed by atoms with van der Waals surface area (Å²) in [7, 11) is 6.06. The zero-order valence-corrected chi connectivity index (χ0v) is 13.3. The average molecular weight is 265 g/mol. The molecule has 108 valence electrons. The van der Waals surface area contributed by atoms with Crippen molar-refractivity contribution in [2.75, 3.05) is 27.7 Å². The van der Waals surface area contributed by atoms with Gasteiger partial charge in [-0.25, -0.2) is 4.98 Å². The Morgan fingerprint density at radius 1 is 1.32 bits per heavy atom. The molecule has 1 rings (SSSR count). The lowest BCUT2D eigenvalue weighted by Crippen LogP contribution is -2.43. The van der Waals surface area contributed by atoms with Gasteiger partial charge >= 0.3 is 0 Å². The van der Waals surface area contributed by atoms with E-state index in [2.05, 4.69) is 56.1 Å². The summed E-state index contributed by atoms with van der Waals surface area (Å²) in [5, 5.41) is 3.17. The van der Waals surface area contributed by atoms with Crippen molar-refractivity contribution < 1.29 is 4.74 Å². The highest BCUT2D eigenvalue weighted by atomic mass is 16.5. The number of hydrogen-bond acceptors (Lipinski definition) is 4. The third kappa shape index (κ3) is 4.18. The first-order valence-electron chi connectivity index (χ1n) is 6.70. The largest absolute Gasteiger partial charge is 0.475 e. The second kappa shape index (κ2) is 6.35. The minimum absolute atomic E-state index is 0.0176. The molecule has 0 unspecified atom stereocenters. The van der Waals surface area contributed by atoms with Crippen molar-refractivity contribution in [3.8, 4) is 5.88 Å². The maximum Gasteiger partial charge on any atom is 0.218 e. The molecular weight excluding hydrogens is 238 g/mol. The van der Waals surface area contributed by atoms with Crippen LogP contribution in [0.25, 0.3) is 0 Å². The maximum atomic E-state index is 5.98. The van der Waals surface area contributed by atoms with Gasteiger partial charge in [0, 0.05) is 23.3 Å². The van der Waals surface area contributed by atoms with E-state index in [1.807, 2.05) is 14.0 Å². The lowest BCUT2D eigenvalue weighted by atomic mass is 10.1. The minimum Gasteiger partial charge on any atom is -0.475 e. The maximum absolute atomic E-state index is 5.98. The van der Waals surface area contributed by atoms with Crippen molar-refractivity contribution in [2.45, 2.75) is 39.8 Å². The lowest BCUT2D eigenvalue weighted by molar-refractivity contribution is 0.110. The predicted molar refractivity (Wildman–Crippen MR) is 79.7 cm³/mol. The summed E-state index contributed by atoms with van der Waals surface area (Å²) in [5.41, 5.74) is 3.34. The number of aromatic nitrogens is 1. The van der Waals surface area contributed by atoms with Gasteiger partial charge in [-0.1, -0.05) is 0 Å². The van der Waals surface area contributed by atoms with Gasteiger partial charge in [-0.2, -0.15) is 0 Å². The van der Waals surface area contributed by atoms with E-state index in [9.17, 15) is 0 Å². The van der Waals surface area contributed by atoms with Gasteiger partial charge in [-0.05, 0) is 60.5 Å². The molecule has 0 spiro atoms. The van der Waals surface area contributed by atoms with E-state index in [0.29, 0.717) is 6.61 Å². The number of hydrogen-bond donors (Lipinski definition) is 1. The third-order valence-electron chi connectivity index (χ3n) is 3.56. The van der Waals surface area contributed by atoms with E-state index in [4.69, 9.17) is 4.74 Å². The Morgan fingerprint density at radius 2 is 1.95 bits per heavy atom. The van der Waals surface area contributed by atoms with Gasteiger partial charge in [0.25, 0.3) is 0 Å². The summed E-state index contributed by atoms with van der Waals surface area (Å²) in [6.45, 7) is 9.82. The molecule has 1 aromatic heterocycles. The molecule has 19 heavy (non-hydrogen) atoms. The van der Waals surface area contributed by atoms with Gasteiger partial charge in [-0.3, -0.25) is 0 Å². The Balaban J connectivity index is 2.94. The van der Waals surface area contributed by atoms with Gasteiger partial charge < -0.3 is 15.0 Å². The summed E-state index contributed by atoms with van der Waals surface area (Å²) in [4.78, 5) is 6.69.